The van der Waals surface area contributed by atoms with Gasteiger partial charge in [-0.15, -0.1) is 0 Å². The molecule has 0 rings (SSSR count). The Kier molecular flexibility index (Phi) is 11.1. The molecule has 0 atom stereocenters. The third-order valence-corrected chi connectivity index (χ3v) is 0.948. The first kappa shape index (κ1) is 20.0. The van der Waals surface area contributed by atoms with E-state index in [1.807, 2.05) is 0 Å². The maximum atomic E-state index is 9.53. The number of thiocarbonyl (C=S) groups is 1. The van der Waals surface area contributed by atoms with E-state index in [1.165, 1.54) is 0 Å². The molecule has 8 nitrogen and oxygen atoms in total. The average Bonchev–Trinajstić information content (AvgIpc) is 1.47. The second kappa shape index (κ2) is 7.78. The van der Waals surface area contributed by atoms with Crippen LogP contribution in [0.3, 0.4) is 0 Å². The number of thiol groups is 1. The van der Waals surface area contributed by atoms with Gasteiger partial charge in [0, 0.05) is 0 Å². The molecule has 2 N–H and O–H groups in total. The third-order valence-electron chi connectivity index (χ3n) is 0.173. The van der Waals surface area contributed by atoms with Crippen molar-refractivity contribution in [1.29, 1.82) is 0 Å². The normalized spacial score (nSPS) is 10.3. The van der Waals surface area contributed by atoms with E-state index in [-0.39, 0.29) is 17.1 Å². The molecule has 0 saturated carbocycles. The van der Waals surface area contributed by atoms with E-state index in [1.54, 1.807) is 0 Å². The molecule has 0 unspecified atom stereocenters. The fraction of sp³-hybridized carbons (Fsp3) is 0. The van der Waals surface area contributed by atoms with Crippen molar-refractivity contribution in [3.8, 4) is 0 Å². The predicted octanol–water partition coefficient (Wildman–Crippen LogP) is -0.977. The Morgan fingerprint density at radius 3 is 1.50 bits per heavy atom. The van der Waals surface area contributed by atoms with Crippen LogP contribution in [-0.2, 0) is 42.0 Å². The van der Waals surface area contributed by atoms with Crippen molar-refractivity contribution < 1.29 is 51.7 Å². The fourth-order valence-electron chi connectivity index (χ4n) is 0.0873. The molecule has 0 radical (unpaired) electrons. The van der Waals surface area contributed by atoms with E-state index in [0.717, 1.165) is 0 Å². The summed E-state index contributed by atoms with van der Waals surface area (Å²) in [5.41, 5.74) is 0. The third kappa shape index (κ3) is 54.4. The Balaban J connectivity index is -0.000000177. The van der Waals surface area contributed by atoms with Gasteiger partial charge in [-0.2, -0.15) is 8.42 Å². The van der Waals surface area contributed by atoms with Gasteiger partial charge in [0.15, 0.2) is 0 Å². The molecule has 0 aliphatic carbocycles. The second-order valence-corrected chi connectivity index (χ2v) is 4.16. The molecule has 0 saturated heterocycles. The summed E-state index contributed by atoms with van der Waals surface area (Å²) in [5, 5.41) is 0. The summed E-state index contributed by atoms with van der Waals surface area (Å²) in [4.78, 5) is 0. The molecule has 0 amide bonds. The van der Waals surface area contributed by atoms with E-state index < -0.39 is 25.2 Å². The molecule has 0 fully saturated rings. The van der Waals surface area contributed by atoms with Gasteiger partial charge in [-0.25, -0.2) is 8.42 Å². The summed E-state index contributed by atoms with van der Waals surface area (Å²) < 4.78 is 63.0. The Morgan fingerprint density at radius 1 is 1.29 bits per heavy atom. The van der Waals surface area contributed by atoms with Crippen molar-refractivity contribution in [2.24, 2.45) is 0 Å². The van der Waals surface area contributed by atoms with Gasteiger partial charge in [0.05, 0.1) is 0 Å². The average molecular weight is 335 g/mol. The van der Waals surface area contributed by atoms with Crippen LogP contribution in [0.1, 0.15) is 0 Å². The van der Waals surface area contributed by atoms with E-state index in [0.29, 0.717) is 0 Å². The summed E-state index contributed by atoms with van der Waals surface area (Å²) in [6.07, 6.45) is 0. The number of hydrogen-bond donors (Lipinski definition) is 3. The zero-order valence-corrected chi connectivity index (χ0v) is 10.1. The largest absolute Gasteiger partial charge is 1.00 e. The molecule has 14 heavy (non-hydrogen) atoms. The first-order valence-electron chi connectivity index (χ1n) is 2.00. The Labute approximate surface area is 101 Å². The van der Waals surface area contributed by atoms with Crippen molar-refractivity contribution in [2.75, 3.05) is 0 Å². The smallest absolute Gasteiger partial charge is 0.716 e. The number of hydrogen-bond acceptors (Lipinski definition) is 7. The van der Waals surface area contributed by atoms with Gasteiger partial charge in [-0.3, -0.25) is 9.11 Å². The van der Waals surface area contributed by atoms with Gasteiger partial charge in [-0.1, -0.05) is 12.6 Å². The summed E-state index contributed by atoms with van der Waals surface area (Å²) in [6, 6.07) is 0. The SMILES string of the molecule is O=S(=O)(O)O.O=S(=O)([O-])OC(=S)S.[Cu+]. The standard InChI is InChI=1S/CH2O4S3.Cu.H2O4S/c2-8(3,4)5-1(6)7;;1-5(2,3)4/h(H,6,7)(H,2,3,4);;(H2,1,2,3,4)/q;+1;/p-1. The maximum absolute atomic E-state index is 9.53. The van der Waals surface area contributed by atoms with Crippen LogP contribution in [0.15, 0.2) is 0 Å². The summed E-state index contributed by atoms with van der Waals surface area (Å²) in [7, 11) is -9.36. The van der Waals surface area contributed by atoms with Gasteiger partial charge in [-0.05, 0) is 12.2 Å². The quantitative estimate of drug-likeness (QED) is 0.181. The first-order valence-corrected chi connectivity index (χ1v) is 5.58. The molecule has 0 aromatic rings. The Bertz CT molecular complexity index is 343. The van der Waals surface area contributed by atoms with E-state index >= 15 is 0 Å². The Morgan fingerprint density at radius 2 is 1.50 bits per heavy atom. The van der Waals surface area contributed by atoms with Gasteiger partial charge in [0.1, 0.15) is 0 Å². The fourth-order valence-corrected chi connectivity index (χ4v) is 0.786. The topological polar surface area (TPSA) is 141 Å². The molecule has 0 aliphatic heterocycles. The Hall–Kier alpha value is 0.539. The molecule has 0 heterocycles. The zero-order chi connectivity index (χ0) is 11.3. The molecule has 0 aromatic carbocycles. The molecular weight excluding hydrogens is 332 g/mol. The minimum atomic E-state index is -4.69. The maximum Gasteiger partial charge on any atom is 1.00 e. The molecule has 0 spiro atoms. The monoisotopic (exact) mass is 334 g/mol. The molecule has 90 valence electrons. The van der Waals surface area contributed by atoms with Crippen LogP contribution in [0.2, 0.25) is 0 Å². The van der Waals surface area contributed by atoms with Crippen LogP contribution in [0.5, 0.6) is 0 Å². The van der Waals surface area contributed by atoms with Crippen LogP contribution in [-0.4, -0.2) is 34.9 Å². The number of rotatable bonds is 1. The van der Waals surface area contributed by atoms with E-state index in [9.17, 15) is 13.0 Å². The van der Waals surface area contributed by atoms with Crippen molar-refractivity contribution in [2.45, 2.75) is 0 Å². The summed E-state index contributed by atoms with van der Waals surface area (Å²) >= 11 is 7.23. The first-order chi connectivity index (χ1) is 5.42. The second-order valence-electron chi connectivity index (χ2n) is 1.21. The van der Waals surface area contributed by atoms with Crippen molar-refractivity contribution in [3.63, 3.8) is 0 Å². The molecule has 0 aromatic heterocycles. The van der Waals surface area contributed by atoms with Crippen LogP contribution in [0.25, 0.3) is 0 Å². The van der Waals surface area contributed by atoms with Crippen molar-refractivity contribution >= 4 is 50.0 Å². The molecule has 0 aliphatic rings. The zero-order valence-electron chi connectivity index (χ0n) is 5.82. The minimum absolute atomic E-state index is 0. The molecular formula is CH3CuO8S4. The summed E-state index contributed by atoms with van der Waals surface area (Å²) in [5.74, 6) is 0. The predicted molar refractivity (Wildman–Crippen MR) is 46.5 cm³/mol. The summed E-state index contributed by atoms with van der Waals surface area (Å²) in [6.45, 7) is 0. The van der Waals surface area contributed by atoms with Crippen molar-refractivity contribution in [3.05, 3.63) is 0 Å². The van der Waals surface area contributed by atoms with Gasteiger partial charge < -0.3 is 8.74 Å². The van der Waals surface area contributed by atoms with Crippen LogP contribution in [0.4, 0.5) is 0 Å². The van der Waals surface area contributed by atoms with Crippen LogP contribution < -0.4 is 0 Å². The van der Waals surface area contributed by atoms with E-state index in [4.69, 9.17) is 17.5 Å². The van der Waals surface area contributed by atoms with Gasteiger partial charge in [0.25, 0.3) is 10.4 Å². The van der Waals surface area contributed by atoms with Crippen molar-refractivity contribution in [1.82, 2.24) is 0 Å². The van der Waals surface area contributed by atoms with Gasteiger partial charge >= 0.3 is 27.5 Å². The van der Waals surface area contributed by atoms with Gasteiger partial charge in [0.2, 0.25) is 4.38 Å². The van der Waals surface area contributed by atoms with E-state index in [2.05, 4.69) is 29.0 Å². The molecule has 13 heteroatoms. The molecule has 0 bridgehead atoms. The van der Waals surface area contributed by atoms with Crippen LogP contribution >= 0.6 is 24.8 Å². The minimum Gasteiger partial charge on any atom is -0.716 e. The van der Waals surface area contributed by atoms with Crippen LogP contribution in [0, 0.1) is 0 Å².